The van der Waals surface area contributed by atoms with E-state index in [2.05, 4.69) is 26.5 Å². The van der Waals surface area contributed by atoms with Crippen molar-refractivity contribution < 1.29 is 14.3 Å². The number of rotatable bonds is 8. The van der Waals surface area contributed by atoms with Crippen molar-refractivity contribution in [3.8, 4) is 18.1 Å². The Kier molecular flexibility index (Phi) is 7.38. The van der Waals surface area contributed by atoms with E-state index in [4.69, 9.17) is 15.9 Å². The number of hydrogen-bond acceptors (Lipinski definition) is 7. The summed E-state index contributed by atoms with van der Waals surface area (Å²) >= 11 is 0. The summed E-state index contributed by atoms with van der Waals surface area (Å²) in [6.45, 7) is 1.82. The van der Waals surface area contributed by atoms with Crippen LogP contribution < -0.4 is 15.4 Å². The van der Waals surface area contributed by atoms with E-state index >= 15 is 0 Å². The number of likely N-dealkylation sites (N-methyl/N-ethyl adjacent to an activating group) is 1. The van der Waals surface area contributed by atoms with Gasteiger partial charge in [0, 0.05) is 41.7 Å². The predicted octanol–water partition coefficient (Wildman–Crippen LogP) is 3.58. The van der Waals surface area contributed by atoms with Gasteiger partial charge in [0.05, 0.1) is 24.4 Å². The third kappa shape index (κ3) is 5.90. The van der Waals surface area contributed by atoms with Crippen molar-refractivity contribution in [2.24, 2.45) is 0 Å². The van der Waals surface area contributed by atoms with Crippen molar-refractivity contribution in [2.45, 2.75) is 12.5 Å². The summed E-state index contributed by atoms with van der Waals surface area (Å²) in [7, 11) is 3.88. The Bertz CT molecular complexity index is 1240. The minimum absolute atomic E-state index is 0.0803. The molecule has 0 aliphatic carbocycles. The van der Waals surface area contributed by atoms with Crippen LogP contribution >= 0.6 is 0 Å². The topological polar surface area (TPSA) is 88.6 Å². The van der Waals surface area contributed by atoms with Crippen LogP contribution in [0.5, 0.6) is 5.75 Å². The average Bonchev–Trinajstić information content (AvgIpc) is 3.33. The maximum atomic E-state index is 12.6. The second-order valence-electron chi connectivity index (χ2n) is 8.20. The molecule has 1 aliphatic rings. The maximum Gasteiger partial charge on any atom is 0.248 e. The van der Waals surface area contributed by atoms with Gasteiger partial charge in [-0.25, -0.2) is 9.97 Å². The quantitative estimate of drug-likeness (QED) is 0.395. The first-order chi connectivity index (χ1) is 16.5. The number of amides is 1. The molecule has 2 aromatic carbocycles. The van der Waals surface area contributed by atoms with Gasteiger partial charge in [0.25, 0.3) is 0 Å². The lowest BCUT2D eigenvalue weighted by atomic mass is 10.1. The van der Waals surface area contributed by atoms with Gasteiger partial charge in [0.2, 0.25) is 5.91 Å². The van der Waals surface area contributed by atoms with E-state index in [0.717, 1.165) is 23.1 Å². The number of aromatic nitrogens is 2. The number of terminal acetylenes is 1. The number of ether oxygens (including phenoxy) is 2. The van der Waals surface area contributed by atoms with Crippen molar-refractivity contribution in [3.05, 3.63) is 60.4 Å². The predicted molar refractivity (Wildman–Crippen MR) is 133 cm³/mol. The van der Waals surface area contributed by atoms with Crippen molar-refractivity contribution in [2.75, 3.05) is 44.5 Å². The Labute approximate surface area is 199 Å². The van der Waals surface area contributed by atoms with E-state index in [1.54, 1.807) is 6.08 Å². The van der Waals surface area contributed by atoms with Gasteiger partial charge in [-0.1, -0.05) is 18.1 Å². The van der Waals surface area contributed by atoms with Gasteiger partial charge >= 0.3 is 0 Å². The highest BCUT2D eigenvalue weighted by atomic mass is 16.5. The zero-order valence-corrected chi connectivity index (χ0v) is 19.2. The van der Waals surface area contributed by atoms with Crippen molar-refractivity contribution in [3.63, 3.8) is 0 Å². The van der Waals surface area contributed by atoms with E-state index < -0.39 is 0 Å². The number of hydrogen-bond donors (Lipinski definition) is 2. The molecule has 8 heteroatoms. The lowest BCUT2D eigenvalue weighted by molar-refractivity contribution is -0.111. The summed E-state index contributed by atoms with van der Waals surface area (Å²) in [6, 6.07) is 11.1. The third-order valence-corrected chi connectivity index (χ3v) is 5.21. The zero-order valence-electron chi connectivity index (χ0n) is 19.2. The van der Waals surface area contributed by atoms with Crippen molar-refractivity contribution in [1.29, 1.82) is 0 Å². The van der Waals surface area contributed by atoms with Crippen molar-refractivity contribution in [1.82, 2.24) is 14.9 Å². The SMILES string of the molecule is C#Cc1cccc(Nc2ncnc3cc(O[C@@H]4CCOC4)c(NC(=O)/C=C/CN(C)C)cc23)c1. The van der Waals surface area contributed by atoms with Crippen LogP contribution in [0.1, 0.15) is 12.0 Å². The minimum atomic E-state index is -0.248. The molecule has 0 unspecified atom stereocenters. The first-order valence-electron chi connectivity index (χ1n) is 11.0. The standard InChI is InChI=1S/C26H27N5O3/c1-4-18-7-5-8-19(13-18)29-26-21-14-23(30-25(32)9-6-11-31(2)3)24(15-22(21)27-17-28-26)34-20-10-12-33-16-20/h1,5-9,13-15,17,20H,10-12,16H2,2-3H3,(H,30,32)(H,27,28,29)/b9-6+/t20-/m1/s1. The molecule has 1 atom stereocenters. The van der Waals surface area contributed by atoms with Crippen LogP contribution in [0.3, 0.4) is 0 Å². The monoisotopic (exact) mass is 457 g/mol. The van der Waals surface area contributed by atoms with E-state index in [1.807, 2.05) is 55.4 Å². The summed E-state index contributed by atoms with van der Waals surface area (Å²) in [5.74, 6) is 3.51. The minimum Gasteiger partial charge on any atom is -0.486 e. The van der Waals surface area contributed by atoms with E-state index in [9.17, 15) is 4.79 Å². The number of nitrogens with one attached hydrogen (secondary N) is 2. The molecule has 2 N–H and O–H groups in total. The van der Waals surface area contributed by atoms with Gasteiger partial charge in [-0.3, -0.25) is 4.79 Å². The zero-order chi connectivity index (χ0) is 23.9. The normalized spacial score (nSPS) is 15.5. The Balaban J connectivity index is 1.68. The van der Waals surface area contributed by atoms with Crippen molar-refractivity contribution >= 4 is 34.0 Å². The average molecular weight is 458 g/mol. The Morgan fingerprint density at radius 3 is 2.97 bits per heavy atom. The molecular weight excluding hydrogens is 430 g/mol. The Morgan fingerprint density at radius 1 is 1.32 bits per heavy atom. The molecule has 0 bridgehead atoms. The van der Waals surface area contributed by atoms with Gasteiger partial charge in [0.1, 0.15) is 24.0 Å². The first-order valence-corrected chi connectivity index (χ1v) is 11.0. The van der Waals surface area contributed by atoms with Crippen LogP contribution in [0.15, 0.2) is 54.9 Å². The smallest absolute Gasteiger partial charge is 0.248 e. The maximum absolute atomic E-state index is 12.6. The molecule has 3 aromatic rings. The largest absolute Gasteiger partial charge is 0.486 e. The van der Waals surface area contributed by atoms with Crippen LogP contribution in [-0.4, -0.2) is 60.7 Å². The van der Waals surface area contributed by atoms with Gasteiger partial charge < -0.3 is 25.0 Å². The molecule has 1 aromatic heterocycles. The van der Waals surface area contributed by atoms with Gasteiger partial charge in [-0.15, -0.1) is 6.42 Å². The molecular formula is C26H27N5O3. The van der Waals surface area contributed by atoms with Crippen LogP contribution in [0.25, 0.3) is 10.9 Å². The highest BCUT2D eigenvalue weighted by Gasteiger charge is 2.20. The molecule has 4 rings (SSSR count). The summed E-state index contributed by atoms with van der Waals surface area (Å²) < 4.78 is 11.6. The van der Waals surface area contributed by atoms with Crippen LogP contribution in [0.2, 0.25) is 0 Å². The molecule has 2 heterocycles. The molecule has 174 valence electrons. The highest BCUT2D eigenvalue weighted by molar-refractivity contribution is 6.03. The molecule has 8 nitrogen and oxygen atoms in total. The fourth-order valence-corrected chi connectivity index (χ4v) is 3.53. The van der Waals surface area contributed by atoms with Gasteiger partial charge in [0.15, 0.2) is 0 Å². The third-order valence-electron chi connectivity index (χ3n) is 5.21. The lowest BCUT2D eigenvalue weighted by Crippen LogP contribution is -2.18. The number of nitrogens with zero attached hydrogens (tertiary/aromatic N) is 3. The number of fused-ring (bicyclic) bond motifs is 1. The number of carbonyl (C=O) groups excluding carboxylic acids is 1. The van der Waals surface area contributed by atoms with E-state index in [-0.39, 0.29) is 12.0 Å². The summed E-state index contributed by atoms with van der Waals surface area (Å²) in [5.41, 5.74) is 2.78. The summed E-state index contributed by atoms with van der Waals surface area (Å²) in [4.78, 5) is 23.4. The van der Waals surface area contributed by atoms with Crippen LogP contribution in [0, 0.1) is 12.3 Å². The second kappa shape index (κ2) is 10.8. The molecule has 0 radical (unpaired) electrons. The van der Waals surface area contributed by atoms with Gasteiger partial charge in [-0.2, -0.15) is 0 Å². The number of carbonyl (C=O) groups is 1. The molecule has 1 amide bonds. The summed E-state index contributed by atoms with van der Waals surface area (Å²) in [6.07, 6.45) is 11.0. The summed E-state index contributed by atoms with van der Waals surface area (Å²) in [5, 5.41) is 6.97. The van der Waals surface area contributed by atoms with E-state index in [0.29, 0.717) is 42.5 Å². The number of benzene rings is 2. The highest BCUT2D eigenvalue weighted by Crippen LogP contribution is 2.34. The number of anilines is 3. The first kappa shape index (κ1) is 23.2. The second-order valence-corrected chi connectivity index (χ2v) is 8.20. The molecule has 1 aliphatic heterocycles. The molecule has 1 fully saturated rings. The fraction of sp³-hybridized carbons (Fsp3) is 0.269. The molecule has 0 saturated carbocycles. The Hall–Kier alpha value is -3.93. The molecule has 34 heavy (non-hydrogen) atoms. The van der Waals surface area contributed by atoms with E-state index in [1.165, 1.54) is 12.4 Å². The Morgan fingerprint density at radius 2 is 2.21 bits per heavy atom. The molecule has 1 saturated heterocycles. The van der Waals surface area contributed by atoms with Gasteiger partial charge in [-0.05, 0) is 38.4 Å². The molecule has 0 spiro atoms. The van der Waals surface area contributed by atoms with Crippen LogP contribution in [0.4, 0.5) is 17.2 Å². The lowest BCUT2D eigenvalue weighted by Gasteiger charge is -2.17. The fourth-order valence-electron chi connectivity index (χ4n) is 3.53. The van der Waals surface area contributed by atoms with Crippen LogP contribution in [-0.2, 0) is 9.53 Å².